The molecule has 3 nitrogen and oxygen atoms in total. The summed E-state index contributed by atoms with van der Waals surface area (Å²) in [6.07, 6.45) is 3.91. The normalized spacial score (nSPS) is 13.5. The first-order valence-electron chi connectivity index (χ1n) is 3.82. The molecule has 0 aliphatic heterocycles. The third kappa shape index (κ3) is 7.88. The van der Waals surface area contributed by atoms with Crippen molar-refractivity contribution in [2.45, 2.75) is 38.3 Å². The van der Waals surface area contributed by atoms with Crippen LogP contribution >= 0.6 is 0 Å². The zero-order chi connectivity index (χ0) is 7.82. The van der Waals surface area contributed by atoms with Crippen molar-refractivity contribution in [2.24, 2.45) is 5.73 Å². The van der Waals surface area contributed by atoms with Crippen LogP contribution in [0.25, 0.3) is 0 Å². The number of aliphatic hydroxyl groups excluding tert-OH is 2. The topological polar surface area (TPSA) is 66.5 Å². The van der Waals surface area contributed by atoms with Gasteiger partial charge in [0.2, 0.25) is 0 Å². The number of nitrogens with two attached hydrogens (primary N) is 1. The SMILES string of the molecule is NC(O)CCCCCCO. The summed E-state index contributed by atoms with van der Waals surface area (Å²) in [5, 5.41) is 17.0. The van der Waals surface area contributed by atoms with Crippen LogP contribution < -0.4 is 5.73 Å². The number of hydrogen-bond acceptors (Lipinski definition) is 3. The van der Waals surface area contributed by atoms with Gasteiger partial charge in [0.05, 0.1) is 0 Å². The Balaban J connectivity index is 2.77. The molecule has 0 fully saturated rings. The highest BCUT2D eigenvalue weighted by Gasteiger charge is 1.94. The Bertz CT molecular complexity index is 66.6. The molecule has 1 unspecified atom stereocenters. The largest absolute Gasteiger partial charge is 0.396 e. The second-order valence-corrected chi connectivity index (χ2v) is 2.49. The molecule has 0 aromatic rings. The lowest BCUT2D eigenvalue weighted by atomic mass is 10.1. The second kappa shape index (κ2) is 6.99. The molecular formula is C7H17NO2. The summed E-state index contributed by atoms with van der Waals surface area (Å²) in [6, 6.07) is 0. The van der Waals surface area contributed by atoms with Gasteiger partial charge >= 0.3 is 0 Å². The first-order valence-corrected chi connectivity index (χ1v) is 3.82. The van der Waals surface area contributed by atoms with E-state index in [1.165, 1.54) is 0 Å². The van der Waals surface area contributed by atoms with Crippen molar-refractivity contribution in [3.63, 3.8) is 0 Å². The average molecular weight is 147 g/mol. The lowest BCUT2D eigenvalue weighted by Crippen LogP contribution is -2.17. The first-order chi connectivity index (χ1) is 4.77. The molecule has 0 heterocycles. The Morgan fingerprint density at radius 2 is 1.70 bits per heavy atom. The van der Waals surface area contributed by atoms with Gasteiger partial charge in [-0.15, -0.1) is 0 Å². The van der Waals surface area contributed by atoms with Gasteiger partial charge < -0.3 is 15.9 Å². The molecule has 0 aromatic heterocycles. The van der Waals surface area contributed by atoms with Crippen molar-refractivity contribution in [3.8, 4) is 0 Å². The van der Waals surface area contributed by atoms with Crippen LogP contribution in [0.5, 0.6) is 0 Å². The van der Waals surface area contributed by atoms with Crippen molar-refractivity contribution in [1.29, 1.82) is 0 Å². The van der Waals surface area contributed by atoms with Gasteiger partial charge in [0.1, 0.15) is 6.23 Å². The molecular weight excluding hydrogens is 130 g/mol. The molecule has 0 saturated heterocycles. The fraction of sp³-hybridized carbons (Fsp3) is 1.00. The van der Waals surface area contributed by atoms with E-state index in [-0.39, 0.29) is 6.61 Å². The number of aliphatic hydroxyl groups is 2. The molecule has 0 radical (unpaired) electrons. The van der Waals surface area contributed by atoms with Crippen LogP contribution in [-0.2, 0) is 0 Å². The van der Waals surface area contributed by atoms with Crippen molar-refractivity contribution >= 4 is 0 Å². The van der Waals surface area contributed by atoms with Crippen LogP contribution in [0.4, 0.5) is 0 Å². The van der Waals surface area contributed by atoms with Crippen LogP contribution in [0, 0.1) is 0 Å². The Morgan fingerprint density at radius 1 is 1.10 bits per heavy atom. The van der Waals surface area contributed by atoms with Gasteiger partial charge in [-0.2, -0.15) is 0 Å². The molecule has 1 atom stereocenters. The molecule has 0 aromatic carbocycles. The average Bonchev–Trinajstić information content (AvgIpc) is 1.87. The maximum Gasteiger partial charge on any atom is 0.102 e. The molecule has 0 amide bonds. The predicted octanol–water partition coefficient (Wildman–Crippen LogP) is 0.206. The van der Waals surface area contributed by atoms with E-state index in [4.69, 9.17) is 15.9 Å². The van der Waals surface area contributed by atoms with E-state index in [1.807, 2.05) is 0 Å². The Morgan fingerprint density at radius 3 is 2.20 bits per heavy atom. The zero-order valence-corrected chi connectivity index (χ0v) is 6.29. The lowest BCUT2D eigenvalue weighted by Gasteiger charge is -2.02. The predicted molar refractivity (Wildman–Crippen MR) is 40.4 cm³/mol. The van der Waals surface area contributed by atoms with Gasteiger partial charge in [-0.1, -0.05) is 12.8 Å². The summed E-state index contributed by atoms with van der Waals surface area (Å²) in [4.78, 5) is 0. The fourth-order valence-electron chi connectivity index (χ4n) is 0.819. The van der Waals surface area contributed by atoms with Crippen LogP contribution in [0.15, 0.2) is 0 Å². The second-order valence-electron chi connectivity index (χ2n) is 2.49. The molecule has 4 N–H and O–H groups in total. The highest BCUT2D eigenvalue weighted by Crippen LogP contribution is 2.02. The van der Waals surface area contributed by atoms with Gasteiger partial charge in [-0.05, 0) is 19.3 Å². The van der Waals surface area contributed by atoms with E-state index in [0.717, 1.165) is 25.7 Å². The zero-order valence-electron chi connectivity index (χ0n) is 6.29. The number of rotatable bonds is 6. The minimum atomic E-state index is -0.658. The highest BCUT2D eigenvalue weighted by molar-refractivity contribution is 4.47. The van der Waals surface area contributed by atoms with E-state index in [2.05, 4.69) is 0 Å². The lowest BCUT2D eigenvalue weighted by molar-refractivity contribution is 0.167. The summed E-state index contributed by atoms with van der Waals surface area (Å²) in [5.74, 6) is 0. The van der Waals surface area contributed by atoms with Crippen LogP contribution in [0.1, 0.15) is 32.1 Å². The molecule has 0 saturated carbocycles. The summed E-state index contributed by atoms with van der Waals surface area (Å²) in [5.41, 5.74) is 5.11. The minimum Gasteiger partial charge on any atom is -0.396 e. The quantitative estimate of drug-likeness (QED) is 0.371. The van der Waals surface area contributed by atoms with E-state index in [1.54, 1.807) is 0 Å². The Hall–Kier alpha value is -0.120. The smallest absolute Gasteiger partial charge is 0.102 e. The highest BCUT2D eigenvalue weighted by atomic mass is 16.3. The monoisotopic (exact) mass is 147 g/mol. The summed E-state index contributed by atoms with van der Waals surface area (Å²) >= 11 is 0. The number of hydrogen-bond donors (Lipinski definition) is 3. The Kier molecular flexibility index (Phi) is 6.91. The van der Waals surface area contributed by atoms with Gasteiger partial charge in [0.15, 0.2) is 0 Å². The van der Waals surface area contributed by atoms with Gasteiger partial charge in [0.25, 0.3) is 0 Å². The van der Waals surface area contributed by atoms with Gasteiger partial charge in [-0.3, -0.25) is 0 Å². The summed E-state index contributed by atoms with van der Waals surface area (Å²) in [6.45, 7) is 0.269. The number of unbranched alkanes of at least 4 members (excludes halogenated alkanes) is 3. The van der Waals surface area contributed by atoms with E-state index in [9.17, 15) is 0 Å². The van der Waals surface area contributed by atoms with Crippen LogP contribution in [0.3, 0.4) is 0 Å². The maximum absolute atomic E-state index is 8.64. The third-order valence-corrected chi connectivity index (χ3v) is 1.41. The first kappa shape index (κ1) is 9.88. The summed E-state index contributed by atoms with van der Waals surface area (Å²) < 4.78 is 0. The molecule has 0 bridgehead atoms. The molecule has 62 valence electrons. The van der Waals surface area contributed by atoms with Crippen molar-refractivity contribution in [2.75, 3.05) is 6.61 Å². The van der Waals surface area contributed by atoms with E-state index >= 15 is 0 Å². The van der Waals surface area contributed by atoms with Gasteiger partial charge in [0, 0.05) is 6.61 Å². The van der Waals surface area contributed by atoms with Crippen molar-refractivity contribution < 1.29 is 10.2 Å². The molecule has 10 heavy (non-hydrogen) atoms. The van der Waals surface area contributed by atoms with E-state index < -0.39 is 6.23 Å². The third-order valence-electron chi connectivity index (χ3n) is 1.41. The molecule has 3 heteroatoms. The Labute approximate surface area is 61.9 Å². The van der Waals surface area contributed by atoms with E-state index in [0.29, 0.717) is 6.42 Å². The maximum atomic E-state index is 8.64. The van der Waals surface area contributed by atoms with Gasteiger partial charge in [-0.25, -0.2) is 0 Å². The summed E-state index contributed by atoms with van der Waals surface area (Å²) in [7, 11) is 0. The van der Waals surface area contributed by atoms with Crippen LogP contribution in [0.2, 0.25) is 0 Å². The molecule has 0 spiro atoms. The standard InChI is InChI=1S/C7H17NO2/c8-7(10)5-3-1-2-4-6-9/h7,9-10H,1-6,8H2. The fourth-order valence-corrected chi connectivity index (χ4v) is 0.819. The molecule has 0 aliphatic carbocycles. The minimum absolute atomic E-state index is 0.269. The van der Waals surface area contributed by atoms with Crippen molar-refractivity contribution in [3.05, 3.63) is 0 Å². The van der Waals surface area contributed by atoms with Crippen LogP contribution in [-0.4, -0.2) is 23.0 Å². The molecule has 0 aliphatic rings. The molecule has 0 rings (SSSR count). The van der Waals surface area contributed by atoms with Crippen molar-refractivity contribution in [1.82, 2.24) is 0 Å².